The van der Waals surface area contributed by atoms with Gasteiger partial charge in [-0.2, -0.15) is 0 Å². The second-order valence-corrected chi connectivity index (χ2v) is 8.72. The first-order valence-corrected chi connectivity index (χ1v) is 9.84. The molecule has 0 radical (unpaired) electrons. The fourth-order valence-electron chi connectivity index (χ4n) is 2.70. The van der Waals surface area contributed by atoms with Crippen LogP contribution < -0.4 is 0 Å². The predicted octanol–water partition coefficient (Wildman–Crippen LogP) is 3.70. The molecule has 1 amide bonds. The van der Waals surface area contributed by atoms with Crippen molar-refractivity contribution in [2.75, 3.05) is 7.05 Å². The topological polar surface area (TPSA) is 54.5 Å². The lowest BCUT2D eigenvalue weighted by atomic mass is 10.1. The van der Waals surface area contributed by atoms with E-state index in [2.05, 4.69) is 15.9 Å². The van der Waals surface area contributed by atoms with Crippen LogP contribution in [0.1, 0.15) is 41.6 Å². The molecule has 1 aromatic carbocycles. The molecule has 7 heteroatoms. The smallest absolute Gasteiger partial charge is 0.262 e. The van der Waals surface area contributed by atoms with Crippen molar-refractivity contribution in [3.63, 3.8) is 0 Å². The van der Waals surface area contributed by atoms with E-state index >= 15 is 0 Å². The minimum atomic E-state index is -3.90. The van der Waals surface area contributed by atoms with Crippen molar-refractivity contribution in [1.29, 1.82) is 0 Å². The van der Waals surface area contributed by atoms with Gasteiger partial charge in [0.1, 0.15) is 0 Å². The van der Waals surface area contributed by atoms with Crippen LogP contribution in [0.5, 0.6) is 0 Å². The number of nitrogens with zero attached hydrogens (tertiary/aromatic N) is 1. The standard InChI is InChI=1S/C14H17BrClNO3S/c1-9-7-10(8-12(13(9)15)21(16,19)20)14(18)17(2)11-5-3-4-6-11/h7-8,11H,3-6H2,1-2H3. The molecule has 4 nitrogen and oxygen atoms in total. The highest BCUT2D eigenvalue weighted by atomic mass is 79.9. The molecule has 0 aromatic heterocycles. The van der Waals surface area contributed by atoms with E-state index in [1.807, 2.05) is 0 Å². The molecule has 1 saturated carbocycles. The third-order valence-corrected chi connectivity index (χ3v) is 6.58. The largest absolute Gasteiger partial charge is 0.339 e. The number of hydrogen-bond donors (Lipinski definition) is 0. The van der Waals surface area contributed by atoms with Crippen LogP contribution in [0.15, 0.2) is 21.5 Å². The maximum atomic E-state index is 12.5. The molecule has 0 bridgehead atoms. The molecule has 0 unspecified atom stereocenters. The minimum absolute atomic E-state index is 0.0626. The van der Waals surface area contributed by atoms with E-state index in [9.17, 15) is 13.2 Å². The lowest BCUT2D eigenvalue weighted by molar-refractivity contribution is 0.0735. The third-order valence-electron chi connectivity index (χ3n) is 3.92. The Morgan fingerprint density at radius 3 is 2.43 bits per heavy atom. The van der Waals surface area contributed by atoms with Crippen molar-refractivity contribution >= 4 is 41.6 Å². The summed E-state index contributed by atoms with van der Waals surface area (Å²) >= 11 is 3.21. The van der Waals surface area contributed by atoms with Gasteiger partial charge in [0, 0.05) is 33.8 Å². The first-order chi connectivity index (χ1) is 9.71. The van der Waals surface area contributed by atoms with Crippen molar-refractivity contribution in [3.8, 4) is 0 Å². The number of carbonyl (C=O) groups is 1. The average molecular weight is 395 g/mol. The van der Waals surface area contributed by atoms with Crippen LogP contribution >= 0.6 is 26.6 Å². The molecule has 0 atom stereocenters. The monoisotopic (exact) mass is 393 g/mol. The van der Waals surface area contributed by atoms with Crippen LogP contribution in [0, 0.1) is 6.92 Å². The Balaban J connectivity index is 2.40. The maximum Gasteiger partial charge on any atom is 0.262 e. The molecule has 0 saturated heterocycles. The number of aryl methyl sites for hydroxylation is 1. The molecule has 0 spiro atoms. The zero-order chi connectivity index (χ0) is 15.8. The van der Waals surface area contributed by atoms with E-state index in [0.717, 1.165) is 25.7 Å². The van der Waals surface area contributed by atoms with Gasteiger partial charge < -0.3 is 4.90 Å². The number of carbonyl (C=O) groups excluding carboxylic acids is 1. The van der Waals surface area contributed by atoms with E-state index in [0.29, 0.717) is 15.6 Å². The summed E-state index contributed by atoms with van der Waals surface area (Å²) in [5.74, 6) is -0.168. The molecule has 2 rings (SSSR count). The average Bonchev–Trinajstić information content (AvgIpc) is 2.92. The molecule has 21 heavy (non-hydrogen) atoms. The summed E-state index contributed by atoms with van der Waals surface area (Å²) in [4.78, 5) is 14.2. The number of amides is 1. The van der Waals surface area contributed by atoms with Crippen LogP contribution in [-0.4, -0.2) is 32.3 Å². The summed E-state index contributed by atoms with van der Waals surface area (Å²) < 4.78 is 23.6. The normalized spacial score (nSPS) is 16.2. The van der Waals surface area contributed by atoms with Crippen molar-refractivity contribution in [2.24, 2.45) is 0 Å². The SMILES string of the molecule is Cc1cc(C(=O)N(C)C2CCCC2)cc(S(=O)(=O)Cl)c1Br. The van der Waals surface area contributed by atoms with Crippen molar-refractivity contribution in [3.05, 3.63) is 27.7 Å². The molecular weight excluding hydrogens is 378 g/mol. The Morgan fingerprint density at radius 1 is 1.33 bits per heavy atom. The molecule has 116 valence electrons. The maximum absolute atomic E-state index is 12.5. The highest BCUT2D eigenvalue weighted by Gasteiger charge is 2.26. The van der Waals surface area contributed by atoms with Gasteiger partial charge in [0.2, 0.25) is 0 Å². The zero-order valence-corrected chi connectivity index (χ0v) is 15.1. The van der Waals surface area contributed by atoms with Crippen molar-refractivity contribution in [1.82, 2.24) is 4.90 Å². The van der Waals surface area contributed by atoms with Gasteiger partial charge in [0.15, 0.2) is 0 Å². The molecule has 1 aromatic rings. The summed E-state index contributed by atoms with van der Waals surface area (Å²) in [5.41, 5.74) is 1.02. The molecule has 1 aliphatic rings. The van der Waals surface area contributed by atoms with Crippen molar-refractivity contribution in [2.45, 2.75) is 43.5 Å². The first kappa shape index (κ1) is 16.8. The molecule has 1 fully saturated rings. The Kier molecular flexibility index (Phi) is 5.00. The van der Waals surface area contributed by atoms with Gasteiger partial charge in [-0.3, -0.25) is 4.79 Å². The fraction of sp³-hybridized carbons (Fsp3) is 0.500. The highest BCUT2D eigenvalue weighted by molar-refractivity contribution is 9.10. The second-order valence-electron chi connectivity index (χ2n) is 5.40. The van der Waals surface area contributed by atoms with Crippen LogP contribution in [0.3, 0.4) is 0 Å². The fourth-order valence-corrected chi connectivity index (χ4v) is 4.85. The second kappa shape index (κ2) is 6.26. The van der Waals surface area contributed by atoms with E-state index < -0.39 is 9.05 Å². The summed E-state index contributed by atoms with van der Waals surface area (Å²) in [5, 5.41) is 0. The summed E-state index contributed by atoms with van der Waals surface area (Å²) in [6.45, 7) is 1.74. The van der Waals surface area contributed by atoms with Gasteiger partial charge >= 0.3 is 0 Å². The summed E-state index contributed by atoms with van der Waals surface area (Å²) in [6.07, 6.45) is 4.25. The van der Waals surface area contributed by atoms with Gasteiger partial charge in [-0.15, -0.1) is 0 Å². The van der Waals surface area contributed by atoms with Gasteiger partial charge in [0.25, 0.3) is 15.0 Å². The van der Waals surface area contributed by atoms with Gasteiger partial charge in [-0.05, 0) is 53.4 Å². The van der Waals surface area contributed by atoms with Crippen LogP contribution in [0.2, 0.25) is 0 Å². The molecule has 0 heterocycles. The van der Waals surface area contributed by atoms with Gasteiger partial charge in [0.05, 0.1) is 4.90 Å². The van der Waals surface area contributed by atoms with Crippen LogP contribution in [0.25, 0.3) is 0 Å². The van der Waals surface area contributed by atoms with E-state index in [-0.39, 0.29) is 16.8 Å². The minimum Gasteiger partial charge on any atom is -0.339 e. The van der Waals surface area contributed by atoms with Gasteiger partial charge in [-0.1, -0.05) is 12.8 Å². The Labute approximate surface area is 138 Å². The highest BCUT2D eigenvalue weighted by Crippen LogP contribution is 2.31. The zero-order valence-electron chi connectivity index (χ0n) is 11.9. The summed E-state index contributed by atoms with van der Waals surface area (Å²) in [7, 11) is 3.30. The number of hydrogen-bond acceptors (Lipinski definition) is 3. The predicted molar refractivity (Wildman–Crippen MR) is 86.3 cm³/mol. The van der Waals surface area contributed by atoms with Crippen molar-refractivity contribution < 1.29 is 13.2 Å². The molecule has 1 aliphatic carbocycles. The Hall–Kier alpha value is -0.590. The van der Waals surface area contributed by atoms with Crippen LogP contribution in [0.4, 0.5) is 0 Å². The lowest BCUT2D eigenvalue weighted by Gasteiger charge is -2.24. The molecule has 0 N–H and O–H groups in total. The number of benzene rings is 1. The number of rotatable bonds is 3. The molecular formula is C14H17BrClNO3S. The van der Waals surface area contributed by atoms with Gasteiger partial charge in [-0.25, -0.2) is 8.42 Å². The quantitative estimate of drug-likeness (QED) is 0.735. The Morgan fingerprint density at radius 2 is 1.90 bits per heavy atom. The lowest BCUT2D eigenvalue weighted by Crippen LogP contribution is -2.35. The third kappa shape index (κ3) is 3.60. The number of halogens is 2. The molecule has 0 aliphatic heterocycles. The first-order valence-electron chi connectivity index (χ1n) is 6.74. The van der Waals surface area contributed by atoms with E-state index in [4.69, 9.17) is 10.7 Å². The van der Waals surface area contributed by atoms with E-state index in [1.54, 1.807) is 24.9 Å². The summed E-state index contributed by atoms with van der Waals surface area (Å²) in [6, 6.07) is 3.26. The Bertz CT molecular complexity index is 669. The van der Waals surface area contributed by atoms with E-state index in [1.165, 1.54) is 6.07 Å². The van der Waals surface area contributed by atoms with Crippen LogP contribution in [-0.2, 0) is 9.05 Å².